The maximum absolute atomic E-state index is 13.0. The van der Waals surface area contributed by atoms with Gasteiger partial charge in [0.2, 0.25) is 0 Å². The number of fused-ring (bicyclic) bond motifs is 1. The summed E-state index contributed by atoms with van der Waals surface area (Å²) in [5.41, 5.74) is 2.63. The molecule has 0 atom stereocenters. The van der Waals surface area contributed by atoms with Gasteiger partial charge in [0, 0.05) is 18.3 Å². The van der Waals surface area contributed by atoms with Crippen LogP contribution in [0.3, 0.4) is 0 Å². The van der Waals surface area contributed by atoms with E-state index >= 15 is 0 Å². The summed E-state index contributed by atoms with van der Waals surface area (Å²) < 4.78 is 12.3. The average Bonchev–Trinajstić information content (AvgIpc) is 2.61. The lowest BCUT2D eigenvalue weighted by Crippen LogP contribution is -2.30. The highest BCUT2D eigenvalue weighted by Gasteiger charge is 2.24. The van der Waals surface area contributed by atoms with E-state index in [4.69, 9.17) is 9.47 Å². The number of aryl methyl sites for hydroxylation is 1. The first-order chi connectivity index (χ1) is 12.0. The van der Waals surface area contributed by atoms with Crippen LogP contribution in [0.5, 0.6) is 11.5 Å². The summed E-state index contributed by atoms with van der Waals surface area (Å²) >= 11 is 0. The molecule has 1 aliphatic heterocycles. The molecule has 0 radical (unpaired) electrons. The number of carbonyl (C=O) groups excluding carboxylic acids is 1. The number of benzene rings is 1. The summed E-state index contributed by atoms with van der Waals surface area (Å²) in [6.07, 6.45) is 2.56. The Kier molecular flexibility index (Phi) is 4.79. The zero-order valence-corrected chi connectivity index (χ0v) is 14.7. The number of hydrogen-bond acceptors (Lipinski definition) is 4. The molecule has 25 heavy (non-hydrogen) atoms. The van der Waals surface area contributed by atoms with E-state index in [1.165, 1.54) is 13.2 Å². The van der Waals surface area contributed by atoms with Crippen LogP contribution in [0.15, 0.2) is 29.1 Å². The molecule has 0 saturated heterocycles. The molecule has 1 amide bonds. The van der Waals surface area contributed by atoms with Crippen LogP contribution in [0.2, 0.25) is 0 Å². The Morgan fingerprint density at radius 1 is 1.12 bits per heavy atom. The zero-order chi connectivity index (χ0) is 18.0. The minimum atomic E-state index is -0.300. The van der Waals surface area contributed by atoms with Crippen LogP contribution in [0.25, 0.3) is 0 Å². The maximum atomic E-state index is 13.0. The van der Waals surface area contributed by atoms with E-state index in [9.17, 15) is 9.59 Å². The van der Waals surface area contributed by atoms with Crippen LogP contribution >= 0.6 is 0 Å². The Morgan fingerprint density at radius 2 is 1.88 bits per heavy atom. The molecule has 3 rings (SSSR count). The SMILES string of the molecule is COc1ccc(C)cc1NC(=O)c1c(OC)cc(=O)n2c1CCCC2. The molecule has 1 aromatic heterocycles. The van der Waals surface area contributed by atoms with E-state index in [2.05, 4.69) is 5.32 Å². The van der Waals surface area contributed by atoms with Crippen molar-refractivity contribution in [2.75, 3.05) is 19.5 Å². The van der Waals surface area contributed by atoms with Gasteiger partial charge >= 0.3 is 0 Å². The fourth-order valence-corrected chi connectivity index (χ4v) is 3.25. The van der Waals surface area contributed by atoms with Gasteiger partial charge in [-0.2, -0.15) is 0 Å². The molecule has 0 fully saturated rings. The molecule has 1 aromatic carbocycles. The molecule has 2 heterocycles. The number of pyridine rings is 1. The van der Waals surface area contributed by atoms with Gasteiger partial charge in [-0.05, 0) is 43.9 Å². The van der Waals surface area contributed by atoms with E-state index in [1.54, 1.807) is 11.7 Å². The van der Waals surface area contributed by atoms with Crippen molar-refractivity contribution in [3.63, 3.8) is 0 Å². The lowest BCUT2D eigenvalue weighted by molar-refractivity contribution is 0.102. The van der Waals surface area contributed by atoms with Crippen LogP contribution in [0.1, 0.15) is 34.5 Å². The first-order valence-electron chi connectivity index (χ1n) is 8.32. The van der Waals surface area contributed by atoms with Crippen LogP contribution in [-0.4, -0.2) is 24.7 Å². The Morgan fingerprint density at radius 3 is 2.60 bits per heavy atom. The Balaban J connectivity index is 2.06. The van der Waals surface area contributed by atoms with Crippen molar-refractivity contribution in [2.24, 2.45) is 0 Å². The third-order valence-electron chi connectivity index (χ3n) is 4.48. The van der Waals surface area contributed by atoms with Crippen molar-refractivity contribution < 1.29 is 14.3 Å². The van der Waals surface area contributed by atoms with Crippen molar-refractivity contribution in [3.05, 3.63) is 51.4 Å². The normalized spacial score (nSPS) is 13.1. The number of nitrogens with zero attached hydrogens (tertiary/aromatic N) is 1. The second-order valence-electron chi connectivity index (χ2n) is 6.14. The molecule has 0 unspecified atom stereocenters. The van der Waals surface area contributed by atoms with Crippen LogP contribution in [-0.2, 0) is 13.0 Å². The van der Waals surface area contributed by atoms with Gasteiger partial charge < -0.3 is 19.4 Å². The van der Waals surface area contributed by atoms with E-state index in [1.807, 2.05) is 25.1 Å². The summed E-state index contributed by atoms with van der Waals surface area (Å²) in [4.78, 5) is 25.2. The van der Waals surface area contributed by atoms with Gasteiger partial charge in [0.15, 0.2) is 0 Å². The smallest absolute Gasteiger partial charge is 0.261 e. The highest BCUT2D eigenvalue weighted by molar-refractivity contribution is 6.07. The number of methoxy groups -OCH3 is 2. The number of aromatic nitrogens is 1. The quantitative estimate of drug-likeness (QED) is 0.927. The topological polar surface area (TPSA) is 69.6 Å². The van der Waals surface area contributed by atoms with Gasteiger partial charge in [-0.25, -0.2) is 0 Å². The van der Waals surface area contributed by atoms with Gasteiger partial charge in [-0.1, -0.05) is 6.07 Å². The monoisotopic (exact) mass is 342 g/mol. The molecule has 132 valence electrons. The molecule has 0 spiro atoms. The number of carbonyl (C=O) groups is 1. The predicted molar refractivity (Wildman–Crippen MR) is 95.9 cm³/mol. The standard InChI is InChI=1S/C19H22N2O4/c1-12-7-8-15(24-2)13(10-12)20-19(23)18-14-6-4-5-9-21(14)17(22)11-16(18)25-3/h7-8,10-11H,4-6,9H2,1-3H3,(H,20,23). The minimum Gasteiger partial charge on any atom is -0.496 e. The Bertz CT molecular complexity index is 870. The summed E-state index contributed by atoms with van der Waals surface area (Å²) in [6, 6.07) is 6.97. The van der Waals surface area contributed by atoms with Crippen molar-refractivity contribution >= 4 is 11.6 Å². The second kappa shape index (κ2) is 7.01. The summed E-state index contributed by atoms with van der Waals surface area (Å²) in [6.45, 7) is 2.58. The fourth-order valence-electron chi connectivity index (χ4n) is 3.25. The average molecular weight is 342 g/mol. The number of anilines is 1. The minimum absolute atomic E-state index is 0.128. The molecule has 6 nitrogen and oxygen atoms in total. The largest absolute Gasteiger partial charge is 0.496 e. The summed E-state index contributed by atoms with van der Waals surface area (Å²) in [7, 11) is 3.03. The van der Waals surface area contributed by atoms with Crippen molar-refractivity contribution in [1.82, 2.24) is 4.57 Å². The second-order valence-corrected chi connectivity index (χ2v) is 6.14. The molecular formula is C19H22N2O4. The molecule has 0 saturated carbocycles. The molecule has 0 bridgehead atoms. The number of rotatable bonds is 4. The van der Waals surface area contributed by atoms with Crippen molar-refractivity contribution in [1.29, 1.82) is 0 Å². The molecular weight excluding hydrogens is 320 g/mol. The number of amides is 1. The van der Waals surface area contributed by atoms with E-state index in [0.29, 0.717) is 35.7 Å². The van der Waals surface area contributed by atoms with E-state index < -0.39 is 0 Å². The van der Waals surface area contributed by atoms with E-state index in [0.717, 1.165) is 24.1 Å². The number of ether oxygens (including phenoxy) is 2. The van der Waals surface area contributed by atoms with Gasteiger partial charge in [0.1, 0.15) is 17.1 Å². The molecule has 0 aliphatic carbocycles. The van der Waals surface area contributed by atoms with Crippen LogP contribution < -0.4 is 20.3 Å². The Hall–Kier alpha value is -2.76. The van der Waals surface area contributed by atoms with Gasteiger partial charge in [-0.15, -0.1) is 0 Å². The summed E-state index contributed by atoms with van der Waals surface area (Å²) in [5, 5.41) is 2.90. The highest BCUT2D eigenvalue weighted by atomic mass is 16.5. The lowest BCUT2D eigenvalue weighted by Gasteiger charge is -2.23. The number of hydrogen-bond donors (Lipinski definition) is 1. The highest BCUT2D eigenvalue weighted by Crippen LogP contribution is 2.29. The third kappa shape index (κ3) is 3.24. The molecule has 6 heteroatoms. The van der Waals surface area contributed by atoms with Gasteiger partial charge in [-0.3, -0.25) is 9.59 Å². The third-order valence-corrected chi connectivity index (χ3v) is 4.48. The molecule has 1 N–H and O–H groups in total. The first-order valence-corrected chi connectivity index (χ1v) is 8.32. The fraction of sp³-hybridized carbons (Fsp3) is 0.368. The van der Waals surface area contributed by atoms with Crippen LogP contribution in [0, 0.1) is 6.92 Å². The molecule has 2 aromatic rings. The van der Waals surface area contributed by atoms with Crippen molar-refractivity contribution in [3.8, 4) is 11.5 Å². The zero-order valence-electron chi connectivity index (χ0n) is 14.7. The van der Waals surface area contributed by atoms with Gasteiger partial charge in [0.25, 0.3) is 11.5 Å². The van der Waals surface area contributed by atoms with Gasteiger partial charge in [0.05, 0.1) is 19.9 Å². The van der Waals surface area contributed by atoms with E-state index in [-0.39, 0.29) is 11.5 Å². The Labute approximate surface area is 146 Å². The summed E-state index contributed by atoms with van der Waals surface area (Å²) in [5.74, 6) is 0.591. The maximum Gasteiger partial charge on any atom is 0.261 e. The molecule has 1 aliphatic rings. The van der Waals surface area contributed by atoms with Crippen LogP contribution in [0.4, 0.5) is 5.69 Å². The number of nitrogens with one attached hydrogen (secondary N) is 1. The van der Waals surface area contributed by atoms with Crippen molar-refractivity contribution in [2.45, 2.75) is 32.7 Å². The lowest BCUT2D eigenvalue weighted by atomic mass is 10.0. The predicted octanol–water partition coefficient (Wildman–Crippen LogP) is 2.76. The first kappa shape index (κ1) is 17.1.